The Labute approximate surface area is 108 Å². The van der Waals surface area contributed by atoms with E-state index in [0.717, 1.165) is 39.0 Å². The minimum absolute atomic E-state index is 0.000593. The van der Waals surface area contributed by atoms with Crippen LogP contribution in [0.3, 0.4) is 0 Å². The first-order valence-corrected chi connectivity index (χ1v) is 6.95. The first kappa shape index (κ1) is 13.3. The van der Waals surface area contributed by atoms with Gasteiger partial charge in [0.05, 0.1) is 0 Å². The Morgan fingerprint density at radius 3 is 2.50 bits per heavy atom. The maximum absolute atomic E-state index is 12.1. The normalized spacial score (nSPS) is 22.2. The molecule has 2 fully saturated rings. The number of nitrogens with one attached hydrogen (secondary N) is 2. The zero-order chi connectivity index (χ0) is 13.0. The van der Waals surface area contributed by atoms with Crippen molar-refractivity contribution < 1.29 is 9.59 Å². The zero-order valence-electron chi connectivity index (χ0n) is 11.1. The van der Waals surface area contributed by atoms with Crippen LogP contribution in [0, 0.1) is 5.92 Å². The van der Waals surface area contributed by atoms with E-state index in [1.54, 1.807) is 6.92 Å². The van der Waals surface area contributed by atoms with Crippen molar-refractivity contribution in [1.82, 2.24) is 15.5 Å². The summed E-state index contributed by atoms with van der Waals surface area (Å²) < 4.78 is 0. The fraction of sp³-hybridized carbons (Fsp3) is 0.846. The number of hydrogen-bond acceptors (Lipinski definition) is 3. The lowest BCUT2D eigenvalue weighted by molar-refractivity contribution is -0.137. The average molecular weight is 253 g/mol. The van der Waals surface area contributed by atoms with Gasteiger partial charge in [0.15, 0.2) is 0 Å². The molecule has 0 bridgehead atoms. The number of carbonyl (C=O) groups excluding carboxylic acids is 2. The molecule has 2 heterocycles. The van der Waals surface area contributed by atoms with E-state index in [4.69, 9.17) is 0 Å². The summed E-state index contributed by atoms with van der Waals surface area (Å²) in [4.78, 5) is 25.7. The molecule has 2 aliphatic heterocycles. The van der Waals surface area contributed by atoms with Crippen LogP contribution in [0.15, 0.2) is 0 Å². The summed E-state index contributed by atoms with van der Waals surface area (Å²) in [7, 11) is 0. The summed E-state index contributed by atoms with van der Waals surface area (Å²) >= 11 is 0. The highest BCUT2D eigenvalue weighted by Crippen LogP contribution is 2.11. The Hall–Kier alpha value is -1.10. The van der Waals surface area contributed by atoms with Crippen molar-refractivity contribution in [3.05, 3.63) is 0 Å². The molecule has 102 valence electrons. The standard InChI is InChI=1S/C13H23N3O2/c1-10(13(18)16-5-3-2-4-6-16)15-12(17)7-11-8-14-9-11/h10-11,14H,2-9H2,1H3,(H,15,17). The van der Waals surface area contributed by atoms with Gasteiger partial charge in [0.1, 0.15) is 6.04 Å². The minimum Gasteiger partial charge on any atom is -0.345 e. The van der Waals surface area contributed by atoms with Crippen LogP contribution in [0.1, 0.15) is 32.6 Å². The SMILES string of the molecule is CC(NC(=O)CC1CNC1)C(=O)N1CCCCC1. The third-order valence-electron chi connectivity index (χ3n) is 3.76. The number of rotatable bonds is 4. The third kappa shape index (κ3) is 3.45. The molecule has 2 rings (SSSR count). The van der Waals surface area contributed by atoms with Crippen molar-refractivity contribution in [3.63, 3.8) is 0 Å². The number of piperidine rings is 1. The van der Waals surface area contributed by atoms with Crippen LogP contribution < -0.4 is 10.6 Å². The molecule has 0 radical (unpaired) electrons. The second kappa shape index (κ2) is 6.18. The fourth-order valence-electron chi connectivity index (χ4n) is 2.51. The summed E-state index contributed by atoms with van der Waals surface area (Å²) in [6.07, 6.45) is 3.91. The number of nitrogens with zero attached hydrogens (tertiary/aromatic N) is 1. The first-order chi connectivity index (χ1) is 8.66. The molecule has 2 amide bonds. The van der Waals surface area contributed by atoms with E-state index < -0.39 is 0 Å². The number of likely N-dealkylation sites (tertiary alicyclic amines) is 1. The number of carbonyl (C=O) groups is 2. The molecule has 5 nitrogen and oxygen atoms in total. The lowest BCUT2D eigenvalue weighted by Crippen LogP contribution is -2.50. The second-order valence-corrected chi connectivity index (χ2v) is 5.40. The lowest BCUT2D eigenvalue weighted by atomic mass is 9.99. The van der Waals surface area contributed by atoms with Crippen molar-refractivity contribution >= 4 is 11.8 Å². The molecular weight excluding hydrogens is 230 g/mol. The van der Waals surface area contributed by atoms with Crippen LogP contribution >= 0.6 is 0 Å². The van der Waals surface area contributed by atoms with Gasteiger partial charge in [-0.25, -0.2) is 0 Å². The second-order valence-electron chi connectivity index (χ2n) is 5.40. The van der Waals surface area contributed by atoms with E-state index in [2.05, 4.69) is 10.6 Å². The van der Waals surface area contributed by atoms with Crippen molar-refractivity contribution in [2.24, 2.45) is 5.92 Å². The van der Waals surface area contributed by atoms with E-state index >= 15 is 0 Å². The molecule has 0 aliphatic carbocycles. The molecule has 0 aromatic carbocycles. The highest BCUT2D eigenvalue weighted by atomic mass is 16.2. The van der Waals surface area contributed by atoms with Gasteiger partial charge in [-0.1, -0.05) is 0 Å². The maximum Gasteiger partial charge on any atom is 0.244 e. The molecule has 0 saturated carbocycles. The minimum atomic E-state index is -0.386. The summed E-state index contributed by atoms with van der Waals surface area (Å²) in [5, 5.41) is 5.96. The van der Waals surface area contributed by atoms with Crippen LogP contribution in [-0.4, -0.2) is 48.9 Å². The third-order valence-corrected chi connectivity index (χ3v) is 3.76. The first-order valence-electron chi connectivity index (χ1n) is 6.95. The molecule has 1 unspecified atom stereocenters. The van der Waals surface area contributed by atoms with Crippen LogP contribution in [0.4, 0.5) is 0 Å². The smallest absolute Gasteiger partial charge is 0.244 e. The predicted molar refractivity (Wildman–Crippen MR) is 69.0 cm³/mol. The largest absolute Gasteiger partial charge is 0.345 e. The topological polar surface area (TPSA) is 61.4 Å². The molecule has 18 heavy (non-hydrogen) atoms. The zero-order valence-corrected chi connectivity index (χ0v) is 11.1. The van der Waals surface area contributed by atoms with E-state index in [1.165, 1.54) is 6.42 Å². The van der Waals surface area contributed by atoms with Gasteiger partial charge in [-0.05, 0) is 45.2 Å². The van der Waals surface area contributed by atoms with E-state index in [1.807, 2.05) is 4.90 Å². The van der Waals surface area contributed by atoms with Gasteiger partial charge in [0.2, 0.25) is 11.8 Å². The Kier molecular flexibility index (Phi) is 4.58. The van der Waals surface area contributed by atoms with Gasteiger partial charge in [-0.15, -0.1) is 0 Å². The van der Waals surface area contributed by atoms with Crippen LogP contribution in [0.5, 0.6) is 0 Å². The molecule has 2 saturated heterocycles. The molecule has 0 aromatic rings. The molecule has 0 aromatic heterocycles. The van der Waals surface area contributed by atoms with E-state index in [9.17, 15) is 9.59 Å². The van der Waals surface area contributed by atoms with E-state index in [0.29, 0.717) is 12.3 Å². The Bertz CT molecular complexity index is 309. The van der Waals surface area contributed by atoms with Gasteiger partial charge >= 0.3 is 0 Å². The molecule has 0 spiro atoms. The Balaban J connectivity index is 1.73. The highest BCUT2D eigenvalue weighted by molar-refractivity contribution is 5.87. The van der Waals surface area contributed by atoms with Crippen LogP contribution in [-0.2, 0) is 9.59 Å². The van der Waals surface area contributed by atoms with Crippen molar-refractivity contribution in [2.45, 2.75) is 38.6 Å². The summed E-state index contributed by atoms with van der Waals surface area (Å²) in [6.45, 7) is 5.30. The van der Waals surface area contributed by atoms with Gasteiger partial charge in [-0.3, -0.25) is 9.59 Å². The van der Waals surface area contributed by atoms with Gasteiger partial charge < -0.3 is 15.5 Å². The molecule has 5 heteroatoms. The predicted octanol–water partition coefficient (Wildman–Crippen LogP) is 0.113. The van der Waals surface area contributed by atoms with Gasteiger partial charge in [-0.2, -0.15) is 0 Å². The summed E-state index contributed by atoms with van der Waals surface area (Å²) in [5.74, 6) is 0.511. The quantitative estimate of drug-likeness (QED) is 0.748. The summed E-state index contributed by atoms with van der Waals surface area (Å²) in [6, 6.07) is -0.386. The molecule has 1 atom stereocenters. The van der Waals surface area contributed by atoms with Gasteiger partial charge in [0, 0.05) is 19.5 Å². The van der Waals surface area contributed by atoms with Crippen molar-refractivity contribution in [2.75, 3.05) is 26.2 Å². The van der Waals surface area contributed by atoms with Crippen molar-refractivity contribution in [1.29, 1.82) is 0 Å². The van der Waals surface area contributed by atoms with E-state index in [-0.39, 0.29) is 17.9 Å². The highest BCUT2D eigenvalue weighted by Gasteiger charge is 2.25. The van der Waals surface area contributed by atoms with Crippen LogP contribution in [0.25, 0.3) is 0 Å². The van der Waals surface area contributed by atoms with Crippen LogP contribution in [0.2, 0.25) is 0 Å². The molecule has 2 N–H and O–H groups in total. The monoisotopic (exact) mass is 253 g/mol. The average Bonchev–Trinajstić information content (AvgIpc) is 2.34. The van der Waals surface area contributed by atoms with Gasteiger partial charge in [0.25, 0.3) is 0 Å². The van der Waals surface area contributed by atoms with Crippen molar-refractivity contribution in [3.8, 4) is 0 Å². The molecular formula is C13H23N3O2. The maximum atomic E-state index is 12.1. The summed E-state index contributed by atoms with van der Waals surface area (Å²) in [5.41, 5.74) is 0. The fourth-order valence-corrected chi connectivity index (χ4v) is 2.51. The lowest BCUT2D eigenvalue weighted by Gasteiger charge is -2.30. The Morgan fingerprint density at radius 2 is 1.94 bits per heavy atom. The number of amides is 2. The Morgan fingerprint density at radius 1 is 1.28 bits per heavy atom. The molecule has 2 aliphatic rings. The number of hydrogen-bond donors (Lipinski definition) is 2.